The number of aliphatic carboxylic acids is 1. The first-order valence-corrected chi connectivity index (χ1v) is 27.7. The Bertz CT molecular complexity index is 2290. The SMILES string of the molecule is C/C=C(/C)C(=O)O[C@H]1[C@H](O)[C@]2(COC(C)=O)[C@H](O)C[C@]3(C)C(=CC[C@@H]4[C@@]5(C)CC[C@H](O[C@@H]6O[C@H](C(=O)O)[C@@H](O[C@@H]7O[C@H](CO)[C@@H](O)[C@H](O)[C@H]7O)[C@H](O)[C@H]6O[C@@H]6O[C@H](CO)[C@@H](O)[C@H](O)[C@H]6O)[C@](C)(CO)C5CC[C@]43C)[C@@H]2CC1(C)C. The predicted molar refractivity (Wildman–Crippen MR) is 269 cm³/mol. The van der Waals surface area contributed by atoms with Crippen LogP contribution in [0.15, 0.2) is 23.3 Å². The fourth-order valence-electron chi connectivity index (χ4n) is 16.1. The van der Waals surface area contributed by atoms with Crippen molar-refractivity contribution in [2.45, 2.75) is 224 Å². The van der Waals surface area contributed by atoms with E-state index in [1.807, 2.05) is 20.8 Å². The Morgan fingerprint density at radius 2 is 1.28 bits per heavy atom. The quantitative estimate of drug-likeness (QED) is 0.0415. The van der Waals surface area contributed by atoms with Gasteiger partial charge in [0.2, 0.25) is 0 Å². The molecule has 1 unspecified atom stereocenters. The van der Waals surface area contributed by atoms with Crippen LogP contribution in [0.5, 0.6) is 0 Å². The highest BCUT2D eigenvalue weighted by Crippen LogP contribution is 2.76. The van der Waals surface area contributed by atoms with E-state index >= 15 is 0 Å². The van der Waals surface area contributed by atoms with Crippen molar-refractivity contribution in [3.8, 4) is 0 Å². The number of aliphatic hydroxyl groups excluding tert-OH is 12. The van der Waals surface area contributed by atoms with Crippen molar-refractivity contribution in [1.29, 1.82) is 0 Å². The molecule has 0 spiro atoms. The summed E-state index contributed by atoms with van der Waals surface area (Å²) in [4.78, 5) is 39.0. The first kappa shape index (κ1) is 62.2. The van der Waals surface area contributed by atoms with Gasteiger partial charge >= 0.3 is 17.9 Å². The van der Waals surface area contributed by atoms with Gasteiger partial charge in [-0.1, -0.05) is 59.3 Å². The number of carbonyl (C=O) groups is 3. The summed E-state index contributed by atoms with van der Waals surface area (Å²) < 4.78 is 47.7. The molecule has 0 radical (unpaired) electrons. The molecule has 0 amide bonds. The number of rotatable bonds is 14. The van der Waals surface area contributed by atoms with Crippen LogP contribution in [0.1, 0.15) is 107 Å². The third-order valence-electron chi connectivity index (χ3n) is 21.0. The smallest absolute Gasteiger partial charge is 0.335 e. The van der Waals surface area contributed by atoms with Crippen molar-refractivity contribution < 1.29 is 119 Å². The molecule has 24 nitrogen and oxygen atoms in total. The number of ether oxygens (including phenoxy) is 8. The molecule has 24 heteroatoms. The number of hydrogen-bond acceptors (Lipinski definition) is 23. The highest BCUT2D eigenvalue weighted by Gasteiger charge is 2.74. The van der Waals surface area contributed by atoms with Gasteiger partial charge in [-0.15, -0.1) is 0 Å². The molecule has 13 N–H and O–H groups in total. The van der Waals surface area contributed by atoms with Crippen molar-refractivity contribution in [1.82, 2.24) is 0 Å². The van der Waals surface area contributed by atoms with Gasteiger partial charge in [-0.3, -0.25) is 4.79 Å². The molecular formula is C55H86O24. The van der Waals surface area contributed by atoms with E-state index in [1.165, 1.54) is 6.92 Å². The fourth-order valence-corrected chi connectivity index (χ4v) is 16.1. The van der Waals surface area contributed by atoms with E-state index in [0.29, 0.717) is 37.7 Å². The zero-order valence-corrected chi connectivity index (χ0v) is 46.4. The van der Waals surface area contributed by atoms with Crippen molar-refractivity contribution >= 4 is 17.9 Å². The lowest BCUT2D eigenvalue weighted by Gasteiger charge is -2.72. The van der Waals surface area contributed by atoms with Gasteiger partial charge in [0.15, 0.2) is 25.0 Å². The average molecular weight is 1130 g/mol. The van der Waals surface area contributed by atoms with Crippen molar-refractivity contribution in [3.63, 3.8) is 0 Å². The first-order chi connectivity index (χ1) is 36.9. The monoisotopic (exact) mass is 1130 g/mol. The maximum atomic E-state index is 13.3. The number of carboxylic acids is 1. The van der Waals surface area contributed by atoms with E-state index in [4.69, 9.17) is 37.9 Å². The molecule has 27 atom stereocenters. The lowest BCUT2D eigenvalue weighted by molar-refractivity contribution is -0.392. The van der Waals surface area contributed by atoms with E-state index in [2.05, 4.69) is 26.8 Å². The van der Waals surface area contributed by atoms with Crippen LogP contribution in [0.25, 0.3) is 0 Å². The Morgan fingerprint density at radius 3 is 1.81 bits per heavy atom. The van der Waals surface area contributed by atoms with Gasteiger partial charge in [0, 0.05) is 23.3 Å². The molecule has 3 saturated heterocycles. The summed E-state index contributed by atoms with van der Waals surface area (Å²) in [5, 5.41) is 144. The molecule has 450 valence electrons. The minimum absolute atomic E-state index is 0.0849. The number of carbonyl (C=O) groups excluding carboxylic acids is 2. The van der Waals surface area contributed by atoms with Gasteiger partial charge in [-0.05, 0) is 92.8 Å². The molecule has 0 bridgehead atoms. The minimum atomic E-state index is -2.18. The van der Waals surface area contributed by atoms with Gasteiger partial charge in [-0.2, -0.15) is 0 Å². The highest BCUT2D eigenvalue weighted by molar-refractivity contribution is 5.87. The maximum Gasteiger partial charge on any atom is 0.335 e. The standard InChI is InChI=1S/C55H86O24/c1-10-23(2)46(71)79-44-43(68)55(22-72-24(3)59)26(17-50(44,4)5)25-11-12-30-51(6)15-14-32(52(7,21-58)29(51)13-16-53(30,8)54(25,9)18-31(55)60)75-49-41(77-48-38(66)36(64)34(62)28(20-57)74-48)39(67)40(42(78-49)45(69)70)76-47-37(65)35(63)33(61)27(19-56)73-47/h10-11,26-44,47-49,56-58,60-68H,12-22H2,1-9H3,(H,69,70)/b23-10-/t26-,27+,28+,29?,30+,31+,32-,33+,34+,35-,36-,37+,38+,39-,40-,41+,42-,43-,44-,47-,48-,49+,51-,52+,53+,54+,55-/m0/s1. The Hall–Kier alpha value is -2.83. The molecule has 3 heterocycles. The second-order valence-electron chi connectivity index (χ2n) is 25.6. The minimum Gasteiger partial charge on any atom is -0.479 e. The van der Waals surface area contributed by atoms with Gasteiger partial charge in [-0.25, -0.2) is 9.59 Å². The number of hydrogen-bond donors (Lipinski definition) is 13. The lowest BCUT2D eigenvalue weighted by atomic mass is 9.33. The van der Waals surface area contributed by atoms with Gasteiger partial charge < -0.3 is 104 Å². The summed E-state index contributed by atoms with van der Waals surface area (Å²) in [5.41, 5.74) is -3.78. The second kappa shape index (κ2) is 22.6. The topological polar surface area (TPSA) is 388 Å². The van der Waals surface area contributed by atoms with Crippen LogP contribution in [0.4, 0.5) is 0 Å². The Labute approximate surface area is 459 Å². The summed E-state index contributed by atoms with van der Waals surface area (Å²) in [7, 11) is 0. The van der Waals surface area contributed by atoms with Crippen LogP contribution in [0, 0.1) is 50.2 Å². The number of carboxylic acid groups (broad SMARTS) is 1. The number of esters is 2. The number of fused-ring (bicyclic) bond motifs is 7. The molecule has 79 heavy (non-hydrogen) atoms. The van der Waals surface area contributed by atoms with Crippen LogP contribution in [0.3, 0.4) is 0 Å². The van der Waals surface area contributed by atoms with Crippen molar-refractivity contribution in [2.75, 3.05) is 26.4 Å². The molecule has 5 aliphatic carbocycles. The Balaban J connectivity index is 1.11. The van der Waals surface area contributed by atoms with Crippen LogP contribution >= 0.6 is 0 Å². The van der Waals surface area contributed by atoms with Gasteiger partial charge in [0.1, 0.15) is 86.0 Å². The molecule has 8 aliphatic rings. The Morgan fingerprint density at radius 1 is 0.696 bits per heavy atom. The Kier molecular flexibility index (Phi) is 17.8. The van der Waals surface area contributed by atoms with Gasteiger partial charge in [0.25, 0.3) is 0 Å². The molecule has 7 fully saturated rings. The summed E-state index contributed by atoms with van der Waals surface area (Å²) >= 11 is 0. The van der Waals surface area contributed by atoms with Crippen molar-refractivity contribution in [3.05, 3.63) is 23.3 Å². The highest BCUT2D eigenvalue weighted by atomic mass is 16.8. The van der Waals surface area contributed by atoms with E-state index in [0.717, 1.165) is 5.57 Å². The molecule has 0 aromatic heterocycles. The number of allylic oxidation sites excluding steroid dienone is 3. The first-order valence-electron chi connectivity index (χ1n) is 27.7. The van der Waals surface area contributed by atoms with Crippen LogP contribution in [-0.2, 0) is 52.3 Å². The largest absolute Gasteiger partial charge is 0.479 e. The normalized spacial score (nSPS) is 50.6. The molecule has 4 saturated carbocycles. The zero-order chi connectivity index (χ0) is 58.4. The fraction of sp³-hybridized carbons (Fsp3) is 0.873. The van der Waals surface area contributed by atoms with Crippen LogP contribution in [0.2, 0.25) is 0 Å². The third kappa shape index (κ3) is 10.0. The summed E-state index contributed by atoms with van der Waals surface area (Å²) in [6, 6.07) is 0. The molecular weight excluding hydrogens is 1040 g/mol. The summed E-state index contributed by atoms with van der Waals surface area (Å²) in [5.74, 6) is -3.82. The van der Waals surface area contributed by atoms with Gasteiger partial charge in [0.05, 0.1) is 37.4 Å². The van der Waals surface area contributed by atoms with Crippen molar-refractivity contribution in [2.24, 2.45) is 50.2 Å². The number of aliphatic hydroxyl groups is 12. The lowest BCUT2D eigenvalue weighted by Crippen LogP contribution is -2.72. The predicted octanol–water partition coefficient (Wildman–Crippen LogP) is -1.32. The van der Waals surface area contributed by atoms with E-state index < -0.39 is 193 Å². The zero-order valence-electron chi connectivity index (χ0n) is 46.4. The van der Waals surface area contributed by atoms with E-state index in [9.17, 15) is 80.8 Å². The second-order valence-corrected chi connectivity index (χ2v) is 25.6. The maximum absolute atomic E-state index is 13.3. The van der Waals surface area contributed by atoms with E-state index in [-0.39, 0.29) is 31.3 Å². The van der Waals surface area contributed by atoms with Crippen LogP contribution in [-0.4, -0.2) is 227 Å². The average Bonchev–Trinajstić information content (AvgIpc) is 3.39. The molecule has 3 aliphatic heterocycles. The molecule has 0 aromatic carbocycles. The third-order valence-corrected chi connectivity index (χ3v) is 21.0. The molecule has 0 aromatic rings. The van der Waals surface area contributed by atoms with Crippen LogP contribution < -0.4 is 0 Å². The van der Waals surface area contributed by atoms with E-state index in [1.54, 1.807) is 19.9 Å². The summed E-state index contributed by atoms with van der Waals surface area (Å²) in [6.45, 7) is 14.3. The summed E-state index contributed by atoms with van der Waals surface area (Å²) in [6.07, 6.45) is -26.8. The molecule has 8 rings (SSSR count).